The third-order valence-electron chi connectivity index (χ3n) is 4.28. The number of benzene rings is 2. The van der Waals surface area contributed by atoms with Crippen LogP contribution in [-0.4, -0.2) is 31.3 Å². The Labute approximate surface area is 161 Å². The van der Waals surface area contributed by atoms with Crippen LogP contribution >= 0.6 is 0 Å². The molecule has 1 aliphatic rings. The Kier molecular flexibility index (Phi) is 4.21. The molecule has 2 aromatic carbocycles. The number of carbonyl (C=O) groups is 1. The number of nitrogens with one attached hydrogen (secondary N) is 2. The molecule has 0 radical (unpaired) electrons. The van der Waals surface area contributed by atoms with Crippen LogP contribution in [0, 0.1) is 0 Å². The molecule has 142 valence electrons. The number of aromatic nitrogens is 2. The van der Waals surface area contributed by atoms with Crippen molar-refractivity contribution in [3.05, 3.63) is 60.3 Å². The molecule has 0 unspecified atom stereocenters. The number of carbonyl (C=O) groups excluding carboxylic acids is 1. The number of fused-ring (bicyclic) bond motifs is 2. The third-order valence-corrected chi connectivity index (χ3v) is 5.21. The Bertz CT molecular complexity index is 1180. The van der Waals surface area contributed by atoms with E-state index >= 15 is 0 Å². The SMILES string of the molecule is CN1C(=O)c2ccccc2Nc2nc(Nc3ccc(S(N)(=O)=O)cc3)ncc21. The number of nitrogens with two attached hydrogens (primary N) is 1. The van der Waals surface area contributed by atoms with Gasteiger partial charge < -0.3 is 15.5 Å². The molecule has 0 atom stereocenters. The summed E-state index contributed by atoms with van der Waals surface area (Å²) in [6, 6.07) is 13.1. The summed E-state index contributed by atoms with van der Waals surface area (Å²) in [4.78, 5) is 22.8. The minimum atomic E-state index is -3.75. The Morgan fingerprint density at radius 2 is 1.82 bits per heavy atom. The molecule has 3 aromatic rings. The van der Waals surface area contributed by atoms with E-state index in [-0.39, 0.29) is 16.8 Å². The predicted molar refractivity (Wildman–Crippen MR) is 106 cm³/mol. The molecule has 0 bridgehead atoms. The number of rotatable bonds is 3. The van der Waals surface area contributed by atoms with Crippen molar-refractivity contribution in [3.8, 4) is 0 Å². The first-order valence-corrected chi connectivity index (χ1v) is 9.78. The quantitative estimate of drug-likeness (QED) is 0.618. The van der Waals surface area contributed by atoms with Crippen LogP contribution < -0.4 is 20.7 Å². The van der Waals surface area contributed by atoms with Crippen LogP contribution in [-0.2, 0) is 10.0 Å². The summed E-state index contributed by atoms with van der Waals surface area (Å²) in [7, 11) is -2.09. The van der Waals surface area contributed by atoms with Crippen molar-refractivity contribution in [2.75, 3.05) is 22.6 Å². The second-order valence-corrected chi connectivity index (χ2v) is 7.72. The molecular formula is C18H16N6O3S. The number of nitrogens with zero attached hydrogens (tertiary/aromatic N) is 3. The molecule has 10 heteroatoms. The zero-order valence-electron chi connectivity index (χ0n) is 14.7. The summed E-state index contributed by atoms with van der Waals surface area (Å²) < 4.78 is 22.7. The lowest BCUT2D eigenvalue weighted by atomic mass is 10.1. The van der Waals surface area contributed by atoms with E-state index in [4.69, 9.17) is 5.14 Å². The second-order valence-electron chi connectivity index (χ2n) is 6.16. The molecule has 2 heterocycles. The number of amides is 1. The zero-order valence-corrected chi connectivity index (χ0v) is 15.6. The maximum absolute atomic E-state index is 12.6. The number of primary sulfonamides is 1. The van der Waals surface area contributed by atoms with Crippen molar-refractivity contribution in [3.63, 3.8) is 0 Å². The van der Waals surface area contributed by atoms with Crippen LogP contribution in [0.4, 0.5) is 28.8 Å². The van der Waals surface area contributed by atoms with Gasteiger partial charge in [0, 0.05) is 12.7 Å². The summed E-state index contributed by atoms with van der Waals surface area (Å²) in [5.41, 5.74) is 2.32. The average Bonchev–Trinajstić information content (AvgIpc) is 2.77. The van der Waals surface area contributed by atoms with E-state index in [0.29, 0.717) is 28.4 Å². The Morgan fingerprint density at radius 3 is 2.54 bits per heavy atom. The van der Waals surface area contributed by atoms with Gasteiger partial charge in [0.15, 0.2) is 5.82 Å². The first-order valence-electron chi connectivity index (χ1n) is 8.24. The molecule has 0 saturated carbocycles. The summed E-state index contributed by atoms with van der Waals surface area (Å²) in [5.74, 6) is 0.596. The maximum atomic E-state index is 12.6. The number of para-hydroxylation sites is 1. The van der Waals surface area contributed by atoms with Gasteiger partial charge in [0.25, 0.3) is 5.91 Å². The molecule has 1 aliphatic heterocycles. The highest BCUT2D eigenvalue weighted by Crippen LogP contribution is 2.33. The van der Waals surface area contributed by atoms with E-state index in [1.807, 2.05) is 6.07 Å². The molecule has 0 aliphatic carbocycles. The van der Waals surface area contributed by atoms with Gasteiger partial charge in [0.2, 0.25) is 16.0 Å². The Balaban J connectivity index is 1.66. The van der Waals surface area contributed by atoms with Gasteiger partial charge in [-0.1, -0.05) is 12.1 Å². The second kappa shape index (κ2) is 6.59. The highest BCUT2D eigenvalue weighted by atomic mass is 32.2. The summed E-state index contributed by atoms with van der Waals surface area (Å²) in [6.07, 6.45) is 1.54. The fourth-order valence-electron chi connectivity index (χ4n) is 2.83. The minimum absolute atomic E-state index is 0.0132. The lowest BCUT2D eigenvalue weighted by Gasteiger charge is -2.16. The molecule has 28 heavy (non-hydrogen) atoms. The van der Waals surface area contributed by atoms with Gasteiger partial charge in [-0.25, -0.2) is 18.5 Å². The summed E-state index contributed by atoms with van der Waals surface area (Å²) in [5, 5.41) is 11.3. The molecule has 1 aromatic heterocycles. The fraction of sp³-hybridized carbons (Fsp3) is 0.0556. The first kappa shape index (κ1) is 17.9. The molecule has 4 N–H and O–H groups in total. The van der Waals surface area contributed by atoms with Crippen molar-refractivity contribution >= 4 is 44.8 Å². The average molecular weight is 396 g/mol. The van der Waals surface area contributed by atoms with E-state index < -0.39 is 10.0 Å². The number of hydrogen-bond acceptors (Lipinski definition) is 7. The zero-order chi connectivity index (χ0) is 19.9. The van der Waals surface area contributed by atoms with Gasteiger partial charge in [-0.2, -0.15) is 4.98 Å². The highest BCUT2D eigenvalue weighted by molar-refractivity contribution is 7.89. The number of hydrogen-bond donors (Lipinski definition) is 3. The van der Waals surface area contributed by atoms with Crippen molar-refractivity contribution in [2.45, 2.75) is 4.90 Å². The molecule has 0 fully saturated rings. The molecule has 0 spiro atoms. The van der Waals surface area contributed by atoms with Gasteiger partial charge in [-0.15, -0.1) is 0 Å². The molecule has 1 amide bonds. The monoisotopic (exact) mass is 396 g/mol. The van der Waals surface area contributed by atoms with Crippen molar-refractivity contribution < 1.29 is 13.2 Å². The smallest absolute Gasteiger partial charge is 0.260 e. The molecule has 9 nitrogen and oxygen atoms in total. The van der Waals surface area contributed by atoms with Crippen molar-refractivity contribution in [1.82, 2.24) is 9.97 Å². The standard InChI is InChI=1S/C18H16N6O3S/c1-24-15-10-20-18(21-11-6-8-12(9-7-11)28(19,26)27)23-16(15)22-14-5-3-2-4-13(14)17(24)25/h2-10H,1H3,(H2,19,26,27)(H2,20,21,22,23). The number of anilines is 5. The maximum Gasteiger partial charge on any atom is 0.260 e. The molecular weight excluding hydrogens is 380 g/mol. The van der Waals surface area contributed by atoms with Crippen LogP contribution in [0.5, 0.6) is 0 Å². The Hall–Kier alpha value is -3.50. The molecule has 0 saturated heterocycles. The highest BCUT2D eigenvalue weighted by Gasteiger charge is 2.25. The lowest BCUT2D eigenvalue weighted by Crippen LogP contribution is -2.25. The van der Waals surface area contributed by atoms with E-state index in [0.717, 1.165) is 0 Å². The van der Waals surface area contributed by atoms with Crippen LogP contribution in [0.15, 0.2) is 59.6 Å². The van der Waals surface area contributed by atoms with E-state index in [1.165, 1.54) is 17.0 Å². The lowest BCUT2D eigenvalue weighted by molar-refractivity contribution is 0.0994. The summed E-state index contributed by atoms with van der Waals surface area (Å²) >= 11 is 0. The topological polar surface area (TPSA) is 130 Å². The van der Waals surface area contributed by atoms with Crippen LogP contribution in [0.2, 0.25) is 0 Å². The van der Waals surface area contributed by atoms with Gasteiger partial charge in [-0.3, -0.25) is 4.79 Å². The van der Waals surface area contributed by atoms with Crippen LogP contribution in [0.3, 0.4) is 0 Å². The van der Waals surface area contributed by atoms with Crippen molar-refractivity contribution in [1.29, 1.82) is 0 Å². The van der Waals surface area contributed by atoms with Gasteiger partial charge in [-0.05, 0) is 36.4 Å². The normalized spacial score (nSPS) is 13.2. The molecule has 4 rings (SSSR count). The number of sulfonamides is 1. The minimum Gasteiger partial charge on any atom is -0.338 e. The van der Waals surface area contributed by atoms with Gasteiger partial charge in [0.1, 0.15) is 5.69 Å². The van der Waals surface area contributed by atoms with Crippen molar-refractivity contribution in [2.24, 2.45) is 5.14 Å². The largest absolute Gasteiger partial charge is 0.338 e. The van der Waals surface area contributed by atoms with E-state index in [2.05, 4.69) is 20.6 Å². The summed E-state index contributed by atoms with van der Waals surface area (Å²) in [6.45, 7) is 0. The van der Waals surface area contributed by atoms with Crippen LogP contribution in [0.1, 0.15) is 10.4 Å². The van der Waals surface area contributed by atoms with Gasteiger partial charge in [0.05, 0.1) is 22.3 Å². The predicted octanol–water partition coefficient (Wildman–Crippen LogP) is 2.20. The van der Waals surface area contributed by atoms with E-state index in [9.17, 15) is 13.2 Å². The Morgan fingerprint density at radius 1 is 1.11 bits per heavy atom. The van der Waals surface area contributed by atoms with E-state index in [1.54, 1.807) is 43.6 Å². The first-order chi connectivity index (χ1) is 13.3. The van der Waals surface area contributed by atoms with Crippen LogP contribution in [0.25, 0.3) is 0 Å². The fourth-order valence-corrected chi connectivity index (χ4v) is 3.34. The third kappa shape index (κ3) is 3.26. The van der Waals surface area contributed by atoms with Gasteiger partial charge >= 0.3 is 0 Å².